The van der Waals surface area contributed by atoms with E-state index in [2.05, 4.69) is 15.6 Å². The van der Waals surface area contributed by atoms with Gasteiger partial charge >= 0.3 is 0 Å². The van der Waals surface area contributed by atoms with Crippen molar-refractivity contribution in [1.29, 1.82) is 0 Å². The number of rotatable bonds is 5. The number of nitrogens with one attached hydrogen (secondary N) is 2. The molecule has 5 nitrogen and oxygen atoms in total. The summed E-state index contributed by atoms with van der Waals surface area (Å²) in [4.78, 5) is 27.6. The number of fused-ring (bicyclic) bond motifs is 1. The fraction of sp³-hybridized carbons (Fsp3) is 0.267. The van der Waals surface area contributed by atoms with Crippen LogP contribution in [-0.2, 0) is 4.79 Å². The van der Waals surface area contributed by atoms with Gasteiger partial charge in [-0.2, -0.15) is 0 Å². The third-order valence-electron chi connectivity index (χ3n) is 2.81. The molecule has 5 heteroatoms. The normalized spacial score (nSPS) is 10.2. The number of carbonyl (C=O) groups excluding carboxylic acids is 2. The van der Waals surface area contributed by atoms with Crippen molar-refractivity contribution in [3.05, 3.63) is 42.1 Å². The van der Waals surface area contributed by atoms with Crippen LogP contribution in [0.15, 0.2) is 36.4 Å². The lowest BCUT2D eigenvalue weighted by atomic mass is 10.2. The van der Waals surface area contributed by atoms with Gasteiger partial charge in [-0.05, 0) is 18.6 Å². The summed E-state index contributed by atoms with van der Waals surface area (Å²) in [6.07, 6.45) is 0.867. The summed E-state index contributed by atoms with van der Waals surface area (Å²) in [5.74, 6) is -0.539. The quantitative estimate of drug-likeness (QED) is 0.865. The number of nitrogens with zero attached hydrogens (tertiary/aromatic N) is 1. The minimum atomic E-state index is -0.345. The molecule has 2 N–H and O–H groups in total. The van der Waals surface area contributed by atoms with E-state index in [1.165, 1.54) is 0 Å². The van der Waals surface area contributed by atoms with E-state index in [1.54, 1.807) is 6.07 Å². The highest BCUT2D eigenvalue weighted by atomic mass is 16.2. The molecule has 0 aliphatic rings. The Bertz CT molecular complexity index is 625. The molecule has 0 atom stereocenters. The van der Waals surface area contributed by atoms with Crippen LogP contribution in [0.1, 0.15) is 23.8 Å². The molecule has 0 spiro atoms. The maximum Gasteiger partial charge on any atom is 0.270 e. The van der Waals surface area contributed by atoms with E-state index in [0.29, 0.717) is 12.2 Å². The summed E-state index contributed by atoms with van der Waals surface area (Å²) < 4.78 is 0. The molecule has 0 aliphatic carbocycles. The highest BCUT2D eigenvalue weighted by Gasteiger charge is 2.09. The molecule has 0 unspecified atom stereocenters. The first kappa shape index (κ1) is 14.0. The zero-order valence-electron chi connectivity index (χ0n) is 11.3. The van der Waals surface area contributed by atoms with Gasteiger partial charge in [0.2, 0.25) is 5.91 Å². The van der Waals surface area contributed by atoms with Gasteiger partial charge in [0.05, 0.1) is 12.1 Å². The van der Waals surface area contributed by atoms with E-state index in [9.17, 15) is 9.59 Å². The van der Waals surface area contributed by atoms with E-state index in [1.807, 2.05) is 37.3 Å². The molecule has 2 aromatic rings. The van der Waals surface area contributed by atoms with Crippen molar-refractivity contribution in [1.82, 2.24) is 15.6 Å². The second-order valence-corrected chi connectivity index (χ2v) is 4.42. The SMILES string of the molecule is CCCNC(=O)CNC(=O)c1ccc2ccccc2n1. The van der Waals surface area contributed by atoms with Crippen molar-refractivity contribution in [3.63, 3.8) is 0 Å². The summed E-state index contributed by atoms with van der Waals surface area (Å²) in [6, 6.07) is 11.1. The van der Waals surface area contributed by atoms with Crippen molar-refractivity contribution in [2.45, 2.75) is 13.3 Å². The third kappa shape index (κ3) is 3.54. The van der Waals surface area contributed by atoms with Crippen LogP contribution in [0.2, 0.25) is 0 Å². The first-order chi connectivity index (χ1) is 9.70. The monoisotopic (exact) mass is 271 g/mol. The molecular formula is C15H17N3O2. The molecule has 0 saturated carbocycles. The molecule has 0 fully saturated rings. The second kappa shape index (κ2) is 6.65. The van der Waals surface area contributed by atoms with Crippen LogP contribution in [0, 0.1) is 0 Å². The van der Waals surface area contributed by atoms with Crippen molar-refractivity contribution in [2.24, 2.45) is 0 Å². The molecule has 20 heavy (non-hydrogen) atoms. The number of pyridine rings is 1. The lowest BCUT2D eigenvalue weighted by molar-refractivity contribution is -0.120. The van der Waals surface area contributed by atoms with E-state index in [4.69, 9.17) is 0 Å². The van der Waals surface area contributed by atoms with Gasteiger partial charge in [0, 0.05) is 11.9 Å². The Hall–Kier alpha value is -2.43. The summed E-state index contributed by atoms with van der Waals surface area (Å²) >= 11 is 0. The lowest BCUT2D eigenvalue weighted by Crippen LogP contribution is -2.37. The van der Waals surface area contributed by atoms with Crippen LogP contribution < -0.4 is 10.6 Å². The van der Waals surface area contributed by atoms with Gasteiger partial charge in [0.25, 0.3) is 5.91 Å². The standard InChI is InChI=1S/C15H17N3O2/c1-2-9-16-14(19)10-17-15(20)13-8-7-11-5-3-4-6-12(11)18-13/h3-8H,2,9-10H2,1H3,(H,16,19)(H,17,20). The molecule has 0 saturated heterocycles. The summed E-state index contributed by atoms with van der Waals surface area (Å²) in [7, 11) is 0. The van der Waals surface area contributed by atoms with Gasteiger partial charge in [0.15, 0.2) is 0 Å². The smallest absolute Gasteiger partial charge is 0.270 e. The molecule has 0 radical (unpaired) electrons. The molecule has 0 bridgehead atoms. The Morgan fingerprint density at radius 1 is 1.10 bits per heavy atom. The van der Waals surface area contributed by atoms with Crippen LogP contribution in [0.4, 0.5) is 0 Å². The van der Waals surface area contributed by atoms with Crippen LogP contribution in [-0.4, -0.2) is 29.9 Å². The predicted octanol–water partition coefficient (Wildman–Crippen LogP) is 1.49. The van der Waals surface area contributed by atoms with Gasteiger partial charge in [-0.15, -0.1) is 0 Å². The maximum atomic E-state index is 11.9. The zero-order chi connectivity index (χ0) is 14.4. The van der Waals surface area contributed by atoms with Gasteiger partial charge in [-0.1, -0.05) is 31.2 Å². The first-order valence-corrected chi connectivity index (χ1v) is 6.61. The van der Waals surface area contributed by atoms with E-state index in [0.717, 1.165) is 17.3 Å². The molecule has 1 heterocycles. The highest BCUT2D eigenvalue weighted by molar-refractivity contribution is 5.96. The summed E-state index contributed by atoms with van der Waals surface area (Å²) in [6.45, 7) is 2.55. The van der Waals surface area contributed by atoms with Crippen molar-refractivity contribution in [2.75, 3.05) is 13.1 Å². The molecule has 2 rings (SSSR count). The number of carbonyl (C=O) groups is 2. The van der Waals surface area contributed by atoms with Gasteiger partial charge < -0.3 is 10.6 Å². The number of hydrogen-bond donors (Lipinski definition) is 2. The largest absolute Gasteiger partial charge is 0.355 e. The maximum absolute atomic E-state index is 11.9. The average molecular weight is 271 g/mol. The van der Waals surface area contributed by atoms with Crippen molar-refractivity contribution < 1.29 is 9.59 Å². The van der Waals surface area contributed by atoms with E-state index < -0.39 is 0 Å². The van der Waals surface area contributed by atoms with E-state index >= 15 is 0 Å². The minimum absolute atomic E-state index is 0.0344. The van der Waals surface area contributed by atoms with Crippen molar-refractivity contribution in [3.8, 4) is 0 Å². The highest BCUT2D eigenvalue weighted by Crippen LogP contribution is 2.11. The predicted molar refractivity (Wildman–Crippen MR) is 77.4 cm³/mol. The second-order valence-electron chi connectivity index (χ2n) is 4.42. The Labute approximate surface area is 117 Å². The molecule has 2 amide bonds. The van der Waals surface area contributed by atoms with E-state index in [-0.39, 0.29) is 18.4 Å². The third-order valence-corrected chi connectivity index (χ3v) is 2.81. The summed E-state index contributed by atoms with van der Waals surface area (Å²) in [5.41, 5.74) is 1.07. The number of benzene rings is 1. The Morgan fingerprint density at radius 3 is 2.70 bits per heavy atom. The number of aromatic nitrogens is 1. The number of hydrogen-bond acceptors (Lipinski definition) is 3. The fourth-order valence-electron chi connectivity index (χ4n) is 1.77. The summed E-state index contributed by atoms with van der Waals surface area (Å²) in [5, 5.41) is 6.23. The van der Waals surface area contributed by atoms with Crippen LogP contribution in [0.25, 0.3) is 10.9 Å². The average Bonchev–Trinajstić information content (AvgIpc) is 2.50. The fourth-order valence-corrected chi connectivity index (χ4v) is 1.77. The molecular weight excluding hydrogens is 254 g/mol. The van der Waals surface area contributed by atoms with Crippen molar-refractivity contribution >= 4 is 22.7 Å². The molecule has 104 valence electrons. The molecule has 1 aromatic heterocycles. The van der Waals surface area contributed by atoms with Crippen LogP contribution >= 0.6 is 0 Å². The Morgan fingerprint density at radius 2 is 1.90 bits per heavy atom. The number of para-hydroxylation sites is 1. The molecule has 0 aliphatic heterocycles. The van der Waals surface area contributed by atoms with Crippen LogP contribution in [0.3, 0.4) is 0 Å². The minimum Gasteiger partial charge on any atom is -0.355 e. The lowest BCUT2D eigenvalue weighted by Gasteiger charge is -2.06. The molecule has 1 aromatic carbocycles. The van der Waals surface area contributed by atoms with Crippen LogP contribution in [0.5, 0.6) is 0 Å². The Kier molecular flexibility index (Phi) is 4.65. The van der Waals surface area contributed by atoms with Gasteiger partial charge in [-0.3, -0.25) is 9.59 Å². The first-order valence-electron chi connectivity index (χ1n) is 6.61. The van der Waals surface area contributed by atoms with Gasteiger partial charge in [-0.25, -0.2) is 4.98 Å². The van der Waals surface area contributed by atoms with Gasteiger partial charge in [0.1, 0.15) is 5.69 Å². The Balaban J connectivity index is 1.99. The zero-order valence-corrected chi connectivity index (χ0v) is 11.3. The number of amides is 2. The topological polar surface area (TPSA) is 71.1 Å².